The topological polar surface area (TPSA) is 158 Å². The van der Waals surface area contributed by atoms with Crippen LogP contribution in [0, 0.1) is 6.92 Å². The van der Waals surface area contributed by atoms with Crippen molar-refractivity contribution in [3.05, 3.63) is 39.2 Å². The largest absolute Gasteiger partial charge is 0.507 e. The van der Waals surface area contributed by atoms with Crippen molar-refractivity contribution in [2.45, 2.75) is 50.8 Å². The first-order chi connectivity index (χ1) is 13.1. The van der Waals surface area contributed by atoms with Crippen LogP contribution in [0.4, 0.5) is 0 Å². The number of benzene rings is 1. The number of fused-ring (bicyclic) bond motifs is 1. The van der Waals surface area contributed by atoms with Gasteiger partial charge in [0.2, 0.25) is 0 Å². The van der Waals surface area contributed by atoms with Gasteiger partial charge in [0.1, 0.15) is 53.4 Å². The number of aliphatic hydroxyl groups excluding tert-OH is 4. The Hall–Kier alpha value is -2.30. The number of phenols is 1. The van der Waals surface area contributed by atoms with Crippen molar-refractivity contribution in [3.63, 3.8) is 0 Å². The number of hydrogen-bond donors (Lipinski definition) is 5. The van der Waals surface area contributed by atoms with Crippen molar-refractivity contribution in [3.8, 4) is 5.75 Å². The number of aryl methyl sites for hydroxylation is 1. The Morgan fingerprint density at radius 1 is 1.14 bits per heavy atom. The summed E-state index contributed by atoms with van der Waals surface area (Å²) >= 11 is 0. The van der Waals surface area contributed by atoms with Crippen LogP contribution in [0.3, 0.4) is 0 Å². The number of hydrogen-bond acceptors (Lipinski definition) is 9. The first-order valence-corrected chi connectivity index (χ1v) is 8.74. The van der Waals surface area contributed by atoms with E-state index in [-0.39, 0.29) is 40.2 Å². The van der Waals surface area contributed by atoms with E-state index in [1.807, 2.05) is 0 Å². The van der Waals surface area contributed by atoms with E-state index in [0.717, 1.165) is 0 Å². The van der Waals surface area contributed by atoms with E-state index in [2.05, 4.69) is 0 Å². The van der Waals surface area contributed by atoms with Crippen molar-refractivity contribution >= 4 is 16.8 Å². The van der Waals surface area contributed by atoms with E-state index in [4.69, 9.17) is 9.15 Å². The number of carbonyl (C=O) groups excluding carboxylic acids is 1. The molecule has 1 aliphatic heterocycles. The fourth-order valence-electron chi connectivity index (χ4n) is 3.52. The molecule has 1 aliphatic rings. The highest BCUT2D eigenvalue weighted by molar-refractivity contribution is 5.86. The number of ketones is 1. The predicted octanol–water partition coefficient (Wildman–Crippen LogP) is -0.547. The molecule has 2 aromatic rings. The molecule has 0 saturated carbocycles. The molecule has 5 N–H and O–H groups in total. The number of phenolic OH excluding ortho intramolecular Hbond substituents is 1. The van der Waals surface area contributed by atoms with Gasteiger partial charge in [-0.15, -0.1) is 0 Å². The lowest BCUT2D eigenvalue weighted by atomic mass is 9.89. The van der Waals surface area contributed by atoms with E-state index in [1.165, 1.54) is 19.1 Å². The molecule has 0 bridgehead atoms. The normalized spacial score (nSPS) is 27.9. The highest BCUT2D eigenvalue weighted by atomic mass is 16.5. The predicted molar refractivity (Wildman–Crippen MR) is 96.0 cm³/mol. The molecule has 1 fully saturated rings. The lowest BCUT2D eigenvalue weighted by Gasteiger charge is -2.40. The van der Waals surface area contributed by atoms with Gasteiger partial charge in [0.05, 0.1) is 24.0 Å². The molecule has 28 heavy (non-hydrogen) atoms. The molecule has 1 aromatic carbocycles. The molecule has 0 aliphatic carbocycles. The molecule has 9 nitrogen and oxygen atoms in total. The standard InChI is InChI=1S/C19H22O9/c1-7-3-10(22)14(19-17(26)16(25)15(24)12(6-20)28-19)18-13(7)11(23)5-9(27-18)4-8(2)21/h3,5,12,15-17,19-20,22,24-26H,4,6H2,1-2H3/t12-,15-,16+,17-,19+/m0/s1. The molecular weight excluding hydrogens is 372 g/mol. The van der Waals surface area contributed by atoms with Gasteiger partial charge in [-0.2, -0.15) is 0 Å². The van der Waals surface area contributed by atoms with Crippen LogP contribution in [0.25, 0.3) is 11.0 Å². The van der Waals surface area contributed by atoms with E-state index in [0.29, 0.717) is 5.56 Å². The van der Waals surface area contributed by atoms with E-state index in [9.17, 15) is 35.1 Å². The van der Waals surface area contributed by atoms with Crippen LogP contribution in [0.1, 0.15) is 29.9 Å². The number of ether oxygens (including phenoxy) is 1. The van der Waals surface area contributed by atoms with Gasteiger partial charge >= 0.3 is 0 Å². The first-order valence-electron chi connectivity index (χ1n) is 8.74. The molecule has 0 spiro atoms. The lowest BCUT2D eigenvalue weighted by Crippen LogP contribution is -2.55. The molecule has 9 heteroatoms. The van der Waals surface area contributed by atoms with Gasteiger partial charge in [-0.3, -0.25) is 9.59 Å². The van der Waals surface area contributed by atoms with Crippen molar-refractivity contribution in [2.75, 3.05) is 6.61 Å². The van der Waals surface area contributed by atoms with Crippen LogP contribution in [-0.4, -0.2) is 62.3 Å². The fourth-order valence-corrected chi connectivity index (χ4v) is 3.52. The summed E-state index contributed by atoms with van der Waals surface area (Å²) in [6.07, 6.45) is -7.65. The lowest BCUT2D eigenvalue weighted by molar-refractivity contribution is -0.231. The van der Waals surface area contributed by atoms with Crippen molar-refractivity contribution < 1.29 is 39.5 Å². The van der Waals surface area contributed by atoms with Crippen molar-refractivity contribution in [1.82, 2.24) is 0 Å². The Labute approximate surface area is 159 Å². The van der Waals surface area contributed by atoms with Gasteiger partial charge in [0.15, 0.2) is 5.43 Å². The molecule has 0 unspecified atom stereocenters. The first kappa shape index (κ1) is 20.4. The van der Waals surface area contributed by atoms with Gasteiger partial charge in [-0.25, -0.2) is 0 Å². The summed E-state index contributed by atoms with van der Waals surface area (Å²) in [5.74, 6) is -0.535. The molecule has 3 rings (SSSR count). The zero-order valence-electron chi connectivity index (χ0n) is 15.3. The SMILES string of the molecule is CC(=O)Cc1cc(=O)c2c(C)cc(O)c([C@H]3O[C@@H](CO)[C@H](O)[C@@H](O)[C@@H]3O)c2o1. The zero-order valence-corrected chi connectivity index (χ0v) is 15.3. The van der Waals surface area contributed by atoms with Gasteiger partial charge < -0.3 is 34.7 Å². The van der Waals surface area contributed by atoms with Crippen molar-refractivity contribution in [2.24, 2.45) is 0 Å². The van der Waals surface area contributed by atoms with Crippen LogP contribution in [0.2, 0.25) is 0 Å². The average molecular weight is 394 g/mol. The number of aliphatic hydroxyl groups is 4. The minimum Gasteiger partial charge on any atom is -0.507 e. The van der Waals surface area contributed by atoms with Crippen LogP contribution in [0.15, 0.2) is 21.3 Å². The van der Waals surface area contributed by atoms with Gasteiger partial charge in [-0.05, 0) is 25.5 Å². The van der Waals surface area contributed by atoms with Crippen LogP contribution < -0.4 is 5.43 Å². The van der Waals surface area contributed by atoms with Crippen LogP contribution >= 0.6 is 0 Å². The van der Waals surface area contributed by atoms with Crippen molar-refractivity contribution in [1.29, 1.82) is 0 Å². The molecule has 1 saturated heterocycles. The smallest absolute Gasteiger partial charge is 0.193 e. The molecule has 2 heterocycles. The molecule has 1 aromatic heterocycles. The van der Waals surface area contributed by atoms with Crippen LogP contribution in [-0.2, 0) is 16.0 Å². The monoisotopic (exact) mass is 394 g/mol. The number of carbonyl (C=O) groups is 1. The highest BCUT2D eigenvalue weighted by Gasteiger charge is 2.45. The van der Waals surface area contributed by atoms with Crippen LogP contribution in [0.5, 0.6) is 5.75 Å². The van der Waals surface area contributed by atoms with E-state index < -0.39 is 42.6 Å². The quantitative estimate of drug-likeness (QED) is 0.459. The number of rotatable bonds is 4. The van der Waals surface area contributed by atoms with E-state index in [1.54, 1.807) is 6.92 Å². The second-order valence-electron chi connectivity index (χ2n) is 7.04. The molecule has 5 atom stereocenters. The van der Waals surface area contributed by atoms with Gasteiger partial charge in [0, 0.05) is 6.07 Å². The Bertz CT molecular complexity index is 962. The Morgan fingerprint density at radius 3 is 2.43 bits per heavy atom. The highest BCUT2D eigenvalue weighted by Crippen LogP contribution is 2.41. The Kier molecular flexibility index (Phi) is 5.55. The summed E-state index contributed by atoms with van der Waals surface area (Å²) in [5, 5.41) is 50.5. The third-order valence-electron chi connectivity index (χ3n) is 4.87. The summed E-state index contributed by atoms with van der Waals surface area (Å²) in [5.41, 5.74) is -0.240. The summed E-state index contributed by atoms with van der Waals surface area (Å²) in [6, 6.07) is 2.48. The third kappa shape index (κ3) is 3.43. The van der Waals surface area contributed by atoms with E-state index >= 15 is 0 Å². The summed E-state index contributed by atoms with van der Waals surface area (Å²) in [7, 11) is 0. The molecule has 0 radical (unpaired) electrons. The zero-order chi connectivity index (χ0) is 20.7. The minimum absolute atomic E-state index is 0.0702. The summed E-state index contributed by atoms with van der Waals surface area (Å²) in [6.45, 7) is 2.27. The van der Waals surface area contributed by atoms with Gasteiger partial charge in [-0.1, -0.05) is 0 Å². The van der Waals surface area contributed by atoms with Gasteiger partial charge in [0.25, 0.3) is 0 Å². The molecule has 152 valence electrons. The maximum absolute atomic E-state index is 12.6. The maximum Gasteiger partial charge on any atom is 0.193 e. The second-order valence-corrected chi connectivity index (χ2v) is 7.04. The minimum atomic E-state index is -1.67. The third-order valence-corrected chi connectivity index (χ3v) is 4.87. The Balaban J connectivity index is 2.26. The fraction of sp³-hybridized carbons (Fsp3) is 0.474. The second kappa shape index (κ2) is 7.61. The molecule has 0 amide bonds. The molecular formula is C19H22O9. The average Bonchev–Trinajstić information content (AvgIpc) is 2.60. The maximum atomic E-state index is 12.6. The summed E-state index contributed by atoms with van der Waals surface area (Å²) < 4.78 is 11.2. The number of Topliss-reactive ketones (excluding diaryl/α,β-unsaturated/α-hetero) is 1. The summed E-state index contributed by atoms with van der Waals surface area (Å²) in [4.78, 5) is 24.0. The Morgan fingerprint density at radius 2 is 1.82 bits per heavy atom. The number of aromatic hydroxyl groups is 1.